The van der Waals surface area contributed by atoms with Crippen molar-refractivity contribution in [1.29, 1.82) is 0 Å². The molecule has 0 unspecified atom stereocenters. The summed E-state index contributed by atoms with van der Waals surface area (Å²) in [6.45, 7) is 4.40. The molecule has 1 heteroatoms. The van der Waals surface area contributed by atoms with Crippen molar-refractivity contribution in [2.24, 2.45) is 11.8 Å². The number of carbonyl (C=O) groups excluding carboxylic acids is 1. The van der Waals surface area contributed by atoms with Crippen LogP contribution in [0.5, 0.6) is 0 Å². The van der Waals surface area contributed by atoms with E-state index in [2.05, 4.69) is 13.8 Å². The van der Waals surface area contributed by atoms with Crippen molar-refractivity contribution in [1.82, 2.24) is 0 Å². The zero-order chi connectivity index (χ0) is 6.85. The predicted molar refractivity (Wildman–Crippen MR) is 37.2 cm³/mol. The fourth-order valence-electron chi connectivity index (χ4n) is 1.34. The third-order valence-electron chi connectivity index (χ3n) is 2.40. The van der Waals surface area contributed by atoms with Crippen LogP contribution in [0.25, 0.3) is 0 Å². The molecule has 0 aromatic rings. The molecule has 0 spiro atoms. The maximum absolute atomic E-state index is 10.8. The third-order valence-corrected chi connectivity index (χ3v) is 2.40. The molecule has 9 heavy (non-hydrogen) atoms. The first-order chi connectivity index (χ1) is 4.20. The molecule has 1 rings (SSSR count). The summed E-state index contributed by atoms with van der Waals surface area (Å²) in [5.41, 5.74) is 0. The Bertz CT molecular complexity index is 118. The SMILES string of the molecule is C[C@H]1CCC(=O)C[C@@H]1C. The van der Waals surface area contributed by atoms with Crippen LogP contribution in [0.3, 0.4) is 0 Å². The van der Waals surface area contributed by atoms with Gasteiger partial charge in [-0.3, -0.25) is 4.79 Å². The Morgan fingerprint density at radius 3 is 2.44 bits per heavy atom. The molecule has 0 aliphatic heterocycles. The second-order valence-electron chi connectivity index (χ2n) is 3.24. The molecule has 0 amide bonds. The molecule has 0 bridgehead atoms. The molecule has 2 atom stereocenters. The van der Waals surface area contributed by atoms with Crippen molar-refractivity contribution >= 4 is 5.78 Å². The van der Waals surface area contributed by atoms with E-state index in [1.807, 2.05) is 0 Å². The van der Waals surface area contributed by atoms with Gasteiger partial charge in [-0.05, 0) is 18.3 Å². The molecular weight excluding hydrogens is 112 g/mol. The summed E-state index contributed by atoms with van der Waals surface area (Å²) in [5.74, 6) is 1.86. The van der Waals surface area contributed by atoms with Gasteiger partial charge in [-0.25, -0.2) is 0 Å². The van der Waals surface area contributed by atoms with E-state index in [9.17, 15) is 4.79 Å². The van der Waals surface area contributed by atoms with Crippen molar-refractivity contribution in [3.63, 3.8) is 0 Å². The second-order valence-corrected chi connectivity index (χ2v) is 3.24. The summed E-state index contributed by atoms with van der Waals surface area (Å²) in [4.78, 5) is 10.8. The van der Waals surface area contributed by atoms with Crippen LogP contribution in [0.15, 0.2) is 0 Å². The Morgan fingerprint density at radius 2 is 2.00 bits per heavy atom. The molecule has 52 valence electrons. The molecule has 0 N–H and O–H groups in total. The van der Waals surface area contributed by atoms with Crippen LogP contribution in [-0.2, 0) is 4.79 Å². The molecule has 1 fully saturated rings. The molecule has 0 saturated heterocycles. The minimum Gasteiger partial charge on any atom is -0.300 e. The van der Waals surface area contributed by atoms with Crippen molar-refractivity contribution in [2.45, 2.75) is 33.1 Å². The normalized spacial score (nSPS) is 36.9. The molecule has 0 aromatic heterocycles. The third kappa shape index (κ3) is 1.54. The standard InChI is InChI=1S/C8H14O/c1-6-3-4-8(9)5-7(6)2/h6-7H,3-5H2,1-2H3/t6-,7-/m0/s1. The summed E-state index contributed by atoms with van der Waals surface area (Å²) in [7, 11) is 0. The Labute approximate surface area is 56.4 Å². The number of rotatable bonds is 0. The summed E-state index contributed by atoms with van der Waals surface area (Å²) >= 11 is 0. The van der Waals surface area contributed by atoms with Gasteiger partial charge >= 0.3 is 0 Å². The number of Topliss-reactive ketones (excluding diaryl/α,β-unsaturated/α-hetero) is 1. The minimum absolute atomic E-state index is 0.459. The van der Waals surface area contributed by atoms with Gasteiger partial charge < -0.3 is 0 Å². The average Bonchev–Trinajstić information content (AvgIpc) is 1.80. The lowest BCUT2D eigenvalue weighted by Crippen LogP contribution is -2.19. The van der Waals surface area contributed by atoms with Crippen LogP contribution in [0, 0.1) is 11.8 Å². The zero-order valence-electron chi connectivity index (χ0n) is 6.18. The van der Waals surface area contributed by atoms with E-state index >= 15 is 0 Å². The molecule has 1 aliphatic rings. The number of hydrogen-bond donors (Lipinski definition) is 0. The largest absolute Gasteiger partial charge is 0.300 e. The highest BCUT2D eigenvalue weighted by atomic mass is 16.1. The van der Waals surface area contributed by atoms with Crippen molar-refractivity contribution in [3.8, 4) is 0 Å². The van der Waals surface area contributed by atoms with Crippen molar-refractivity contribution in [2.75, 3.05) is 0 Å². The summed E-state index contributed by atoms with van der Waals surface area (Å²) in [6.07, 6.45) is 2.76. The topological polar surface area (TPSA) is 17.1 Å². The van der Waals surface area contributed by atoms with Gasteiger partial charge in [-0.1, -0.05) is 13.8 Å². The van der Waals surface area contributed by atoms with E-state index in [0.29, 0.717) is 11.7 Å². The number of hydrogen-bond acceptors (Lipinski definition) is 1. The van der Waals surface area contributed by atoms with Gasteiger partial charge in [0.05, 0.1) is 0 Å². The van der Waals surface area contributed by atoms with Crippen LogP contribution >= 0.6 is 0 Å². The summed E-state index contributed by atoms with van der Waals surface area (Å²) in [5, 5.41) is 0. The lowest BCUT2D eigenvalue weighted by atomic mass is 9.81. The Morgan fingerprint density at radius 1 is 1.33 bits per heavy atom. The van der Waals surface area contributed by atoms with Crippen LogP contribution in [-0.4, -0.2) is 5.78 Å². The molecule has 1 saturated carbocycles. The van der Waals surface area contributed by atoms with E-state index in [1.54, 1.807) is 0 Å². The molecule has 0 heterocycles. The summed E-state index contributed by atoms with van der Waals surface area (Å²) < 4.78 is 0. The van der Waals surface area contributed by atoms with Crippen LogP contribution < -0.4 is 0 Å². The molecular formula is C8H14O. The number of ketones is 1. The van der Waals surface area contributed by atoms with Crippen LogP contribution in [0.1, 0.15) is 33.1 Å². The lowest BCUT2D eigenvalue weighted by Gasteiger charge is -2.23. The Hall–Kier alpha value is -0.330. The Kier molecular flexibility index (Phi) is 1.89. The smallest absolute Gasteiger partial charge is 0.133 e. The first-order valence-corrected chi connectivity index (χ1v) is 3.72. The fourth-order valence-corrected chi connectivity index (χ4v) is 1.34. The maximum Gasteiger partial charge on any atom is 0.133 e. The second kappa shape index (κ2) is 2.51. The predicted octanol–water partition coefficient (Wildman–Crippen LogP) is 2.01. The van der Waals surface area contributed by atoms with E-state index < -0.39 is 0 Å². The fraction of sp³-hybridized carbons (Fsp3) is 0.875. The van der Waals surface area contributed by atoms with Gasteiger partial charge in [-0.2, -0.15) is 0 Å². The maximum atomic E-state index is 10.8. The van der Waals surface area contributed by atoms with Gasteiger partial charge in [0.1, 0.15) is 5.78 Å². The van der Waals surface area contributed by atoms with Crippen molar-refractivity contribution in [3.05, 3.63) is 0 Å². The molecule has 0 aromatic carbocycles. The van der Waals surface area contributed by atoms with Gasteiger partial charge in [0, 0.05) is 12.8 Å². The quantitative estimate of drug-likeness (QED) is 0.485. The van der Waals surface area contributed by atoms with E-state index in [4.69, 9.17) is 0 Å². The monoisotopic (exact) mass is 126 g/mol. The van der Waals surface area contributed by atoms with Crippen LogP contribution in [0.4, 0.5) is 0 Å². The van der Waals surface area contributed by atoms with Gasteiger partial charge in [0.25, 0.3) is 0 Å². The highest BCUT2D eigenvalue weighted by molar-refractivity contribution is 5.79. The average molecular weight is 126 g/mol. The van der Waals surface area contributed by atoms with Crippen LogP contribution in [0.2, 0.25) is 0 Å². The van der Waals surface area contributed by atoms with E-state index in [0.717, 1.165) is 25.2 Å². The number of carbonyl (C=O) groups is 1. The van der Waals surface area contributed by atoms with Gasteiger partial charge in [0.15, 0.2) is 0 Å². The highest BCUT2D eigenvalue weighted by Gasteiger charge is 2.21. The van der Waals surface area contributed by atoms with E-state index in [1.165, 1.54) is 0 Å². The van der Waals surface area contributed by atoms with Crippen molar-refractivity contribution < 1.29 is 4.79 Å². The summed E-state index contributed by atoms with van der Waals surface area (Å²) in [6, 6.07) is 0. The van der Waals surface area contributed by atoms with Gasteiger partial charge in [-0.15, -0.1) is 0 Å². The Balaban J connectivity index is 2.44. The lowest BCUT2D eigenvalue weighted by molar-refractivity contribution is -0.122. The molecule has 1 aliphatic carbocycles. The highest BCUT2D eigenvalue weighted by Crippen LogP contribution is 2.26. The van der Waals surface area contributed by atoms with E-state index in [-0.39, 0.29) is 0 Å². The molecule has 1 nitrogen and oxygen atoms in total. The zero-order valence-corrected chi connectivity index (χ0v) is 6.18. The minimum atomic E-state index is 0.459. The van der Waals surface area contributed by atoms with Gasteiger partial charge in [0.2, 0.25) is 0 Å². The first-order valence-electron chi connectivity index (χ1n) is 3.72. The molecule has 0 radical (unpaired) electrons. The first kappa shape index (κ1) is 6.79.